The third-order valence-corrected chi connectivity index (χ3v) is 7.91. The van der Waals surface area contributed by atoms with Gasteiger partial charge in [-0.25, -0.2) is 27.8 Å². The van der Waals surface area contributed by atoms with Crippen LogP contribution in [0.5, 0.6) is 0 Å². The highest BCUT2D eigenvalue weighted by Crippen LogP contribution is 2.54. The average molecular weight is 614 g/mol. The lowest BCUT2D eigenvalue weighted by Crippen LogP contribution is -2.39. The minimum absolute atomic E-state index is 0.0121. The second-order valence-corrected chi connectivity index (χ2v) is 12.0. The van der Waals surface area contributed by atoms with Gasteiger partial charge in [0.05, 0.1) is 30.4 Å². The first-order valence-corrected chi connectivity index (χ1v) is 14.2. The zero-order chi connectivity index (χ0) is 31.3. The van der Waals surface area contributed by atoms with Gasteiger partial charge in [0.15, 0.2) is 5.82 Å². The zero-order valence-corrected chi connectivity index (χ0v) is 23.8. The van der Waals surface area contributed by atoms with Crippen molar-refractivity contribution in [2.24, 2.45) is 17.8 Å². The molecule has 2 aliphatic carbocycles. The predicted molar refractivity (Wildman–Crippen MR) is 143 cm³/mol. The number of halogens is 6. The van der Waals surface area contributed by atoms with Crippen molar-refractivity contribution >= 4 is 22.8 Å². The number of H-pyrrole nitrogens is 1. The molecule has 1 aromatic carbocycles. The number of rotatable bonds is 12. The molecule has 2 fully saturated rings. The highest BCUT2D eigenvalue weighted by Gasteiger charge is 2.48. The lowest BCUT2D eigenvalue weighted by Gasteiger charge is -2.27. The number of hydrogen-bond acceptors (Lipinski definition) is 5. The number of hydrogen-bond donors (Lipinski definition) is 3. The number of amides is 2. The van der Waals surface area contributed by atoms with Crippen molar-refractivity contribution < 1.29 is 35.9 Å². The third kappa shape index (κ3) is 7.12. The first-order chi connectivity index (χ1) is 20.1. The van der Waals surface area contributed by atoms with Crippen LogP contribution in [0.1, 0.15) is 92.9 Å². The van der Waals surface area contributed by atoms with Gasteiger partial charge < -0.3 is 15.6 Å². The van der Waals surface area contributed by atoms with Crippen LogP contribution in [0.2, 0.25) is 0 Å². The predicted octanol–water partition coefficient (Wildman–Crippen LogP) is 5.59. The summed E-state index contributed by atoms with van der Waals surface area (Å²) in [6.07, 6.45) is -1.54. The molecule has 43 heavy (non-hydrogen) atoms. The minimum Gasteiger partial charge on any atom is -0.350 e. The molecule has 2 atom stereocenters. The molecule has 0 aliphatic heterocycles. The number of carbonyl (C=O) groups excluding carboxylic acids is 2. The molecule has 2 amide bonds. The largest absolute Gasteiger partial charge is 0.390 e. The molecule has 5 rings (SSSR count). The van der Waals surface area contributed by atoms with E-state index in [1.54, 1.807) is 5.32 Å². The fraction of sp³-hybridized carbons (Fsp3) is 0.607. The molecule has 234 valence electrons. The number of aromatic nitrogens is 5. The van der Waals surface area contributed by atoms with Crippen molar-refractivity contribution in [3.8, 4) is 0 Å². The molecule has 0 saturated heterocycles. The maximum Gasteiger partial charge on any atom is 0.390 e. The van der Waals surface area contributed by atoms with E-state index < -0.39 is 60.2 Å². The second-order valence-electron chi connectivity index (χ2n) is 12.0. The summed E-state index contributed by atoms with van der Waals surface area (Å²) in [4.78, 5) is 37.6. The molecule has 0 bridgehead atoms. The van der Waals surface area contributed by atoms with Crippen molar-refractivity contribution in [3.63, 3.8) is 0 Å². The van der Waals surface area contributed by atoms with Gasteiger partial charge in [-0.3, -0.25) is 9.59 Å². The fourth-order valence-electron chi connectivity index (χ4n) is 5.67. The van der Waals surface area contributed by atoms with E-state index in [1.165, 1.54) is 17.1 Å². The molecular formula is C28H33F6N7O2. The van der Waals surface area contributed by atoms with Crippen molar-refractivity contribution in [3.05, 3.63) is 41.5 Å². The maximum absolute atomic E-state index is 15.9. The Morgan fingerprint density at radius 2 is 1.74 bits per heavy atom. The summed E-state index contributed by atoms with van der Waals surface area (Å²) in [5.74, 6) is -7.62. The number of benzene rings is 1. The normalized spacial score (nSPS) is 17.5. The smallest absolute Gasteiger partial charge is 0.350 e. The van der Waals surface area contributed by atoms with E-state index in [2.05, 4.69) is 25.4 Å². The van der Waals surface area contributed by atoms with E-state index in [4.69, 9.17) is 0 Å². The number of carbonyl (C=O) groups is 2. The van der Waals surface area contributed by atoms with Crippen molar-refractivity contribution in [1.29, 1.82) is 0 Å². The van der Waals surface area contributed by atoms with Gasteiger partial charge in [-0.15, -0.1) is 0 Å². The molecule has 2 saturated carbocycles. The van der Waals surface area contributed by atoms with Crippen LogP contribution in [0.3, 0.4) is 0 Å². The van der Waals surface area contributed by atoms with Crippen LogP contribution in [0.15, 0.2) is 18.5 Å². The molecule has 2 aromatic heterocycles. The summed E-state index contributed by atoms with van der Waals surface area (Å²) in [6, 6.07) is 1.50. The lowest BCUT2D eigenvalue weighted by atomic mass is 9.88. The van der Waals surface area contributed by atoms with Crippen LogP contribution in [-0.2, 0) is 4.79 Å². The van der Waals surface area contributed by atoms with Gasteiger partial charge in [-0.1, -0.05) is 6.07 Å². The second kappa shape index (κ2) is 11.5. The van der Waals surface area contributed by atoms with Gasteiger partial charge in [0.1, 0.15) is 17.7 Å². The Kier molecular flexibility index (Phi) is 8.20. The molecule has 2 heterocycles. The first-order valence-electron chi connectivity index (χ1n) is 14.2. The highest BCUT2D eigenvalue weighted by atomic mass is 19.4. The van der Waals surface area contributed by atoms with Crippen LogP contribution < -0.4 is 10.6 Å². The monoisotopic (exact) mass is 613 g/mol. The number of alkyl halides is 5. The van der Waals surface area contributed by atoms with E-state index in [1.807, 2.05) is 13.8 Å². The number of nitrogens with one attached hydrogen (secondary N) is 3. The van der Waals surface area contributed by atoms with Crippen LogP contribution in [0.4, 0.5) is 26.3 Å². The molecule has 0 unspecified atom stereocenters. The Bertz CT molecular complexity index is 1470. The van der Waals surface area contributed by atoms with Crippen LogP contribution in [0, 0.1) is 23.6 Å². The molecule has 0 radical (unpaired) electrons. The topological polar surface area (TPSA) is 118 Å². The molecule has 0 spiro atoms. The number of aromatic amines is 1. The highest BCUT2D eigenvalue weighted by molar-refractivity contribution is 5.91. The summed E-state index contributed by atoms with van der Waals surface area (Å²) >= 11 is 0. The molecular weight excluding hydrogens is 580 g/mol. The standard InChI is InChI=1S/C28H33F6N7O2/c1-13(2)41-24(36-12-37-41)26(43)40-22(19(14-4-5-14)15-6-7-15)23-38-18-9-8-16(20(29)21(18)39-23)17(10-28(32,33)34)25(42)35-11-27(3,30)31/h8-9,12-15,17,19,22H,4-7,10-11H2,1-3H3,(H,35,42)(H,38,39)(H,40,43)/t17-,22-/m0/s1. The van der Waals surface area contributed by atoms with Gasteiger partial charge >= 0.3 is 6.18 Å². The van der Waals surface area contributed by atoms with E-state index >= 15 is 4.39 Å². The Morgan fingerprint density at radius 1 is 1.09 bits per heavy atom. The Balaban J connectivity index is 1.51. The van der Waals surface area contributed by atoms with Gasteiger partial charge in [0.25, 0.3) is 11.8 Å². The zero-order valence-electron chi connectivity index (χ0n) is 23.8. The van der Waals surface area contributed by atoms with Crippen molar-refractivity contribution in [1.82, 2.24) is 35.4 Å². The van der Waals surface area contributed by atoms with Crippen LogP contribution >= 0.6 is 0 Å². The van der Waals surface area contributed by atoms with Gasteiger partial charge in [-0.05, 0) is 63.4 Å². The number of imidazole rings is 1. The molecule has 3 aromatic rings. The first kappa shape index (κ1) is 30.8. The van der Waals surface area contributed by atoms with E-state index in [-0.39, 0.29) is 34.6 Å². The van der Waals surface area contributed by atoms with Gasteiger partial charge in [0.2, 0.25) is 11.7 Å². The van der Waals surface area contributed by atoms with Gasteiger partial charge in [0, 0.05) is 18.5 Å². The molecule has 15 heteroatoms. The Labute approximate surface area is 243 Å². The third-order valence-electron chi connectivity index (χ3n) is 7.91. The quantitative estimate of drug-likeness (QED) is 0.230. The van der Waals surface area contributed by atoms with Gasteiger partial charge in [-0.2, -0.15) is 18.3 Å². The van der Waals surface area contributed by atoms with Crippen LogP contribution in [-0.4, -0.2) is 55.2 Å². The van der Waals surface area contributed by atoms with E-state index in [0.29, 0.717) is 18.8 Å². The van der Waals surface area contributed by atoms with Crippen LogP contribution in [0.25, 0.3) is 11.0 Å². The van der Waals surface area contributed by atoms with Crippen molar-refractivity contribution in [2.75, 3.05) is 6.54 Å². The van der Waals surface area contributed by atoms with E-state index in [0.717, 1.165) is 31.7 Å². The van der Waals surface area contributed by atoms with E-state index in [9.17, 15) is 31.5 Å². The summed E-state index contributed by atoms with van der Waals surface area (Å²) in [5, 5.41) is 8.92. The molecule has 2 aliphatic rings. The lowest BCUT2D eigenvalue weighted by molar-refractivity contribution is -0.148. The summed E-state index contributed by atoms with van der Waals surface area (Å²) in [6.45, 7) is 2.99. The molecule has 9 nitrogen and oxygen atoms in total. The number of nitrogens with zero attached hydrogens (tertiary/aromatic N) is 4. The summed E-state index contributed by atoms with van der Waals surface area (Å²) in [7, 11) is 0. The van der Waals surface area contributed by atoms with Crippen molar-refractivity contribution in [2.45, 2.75) is 83.0 Å². The minimum atomic E-state index is -4.89. The Hall–Kier alpha value is -3.65. The number of fused-ring (bicyclic) bond motifs is 1. The average Bonchev–Trinajstić information content (AvgIpc) is 3.83. The molecule has 3 N–H and O–H groups in total. The summed E-state index contributed by atoms with van der Waals surface area (Å²) < 4.78 is 84.3. The SMILES string of the molecule is CC(C)n1ncnc1C(=O)N[C@H](c1nc2c(F)c([C@H](CC(F)(F)F)C(=O)NCC(C)(F)F)ccc2[nH]1)C(C1CC1)C1CC1. The maximum atomic E-state index is 15.9. The fourth-order valence-corrected chi connectivity index (χ4v) is 5.67. The summed E-state index contributed by atoms with van der Waals surface area (Å²) in [5.41, 5.74) is -0.785. The Morgan fingerprint density at radius 3 is 2.30 bits per heavy atom.